The smallest absolute Gasteiger partial charge is 0.154 e. The maximum absolute atomic E-state index is 11.4. The average molecular weight is 452 g/mol. The molecule has 0 radical (unpaired) electrons. The highest BCUT2D eigenvalue weighted by Gasteiger charge is 2.20. The van der Waals surface area contributed by atoms with Gasteiger partial charge >= 0.3 is 0 Å². The van der Waals surface area contributed by atoms with E-state index in [2.05, 4.69) is 21.2 Å². The number of halogens is 1. The summed E-state index contributed by atoms with van der Waals surface area (Å²) < 4.78 is 5.50. The first-order valence-electron chi connectivity index (χ1n) is 8.69. The van der Waals surface area contributed by atoms with Crippen LogP contribution in [0, 0.1) is 0 Å². The predicted octanol–water partition coefficient (Wildman–Crippen LogP) is 2.41. The Hall–Kier alpha value is -2.06. The van der Waals surface area contributed by atoms with Gasteiger partial charge in [-0.2, -0.15) is 0 Å². The number of nitrogens with one attached hydrogen (secondary N) is 1. The molecule has 1 aromatic carbocycles. The van der Waals surface area contributed by atoms with Crippen LogP contribution in [0.25, 0.3) is 10.4 Å². The number of aromatic carboxylic acids is 1. The average Bonchev–Trinajstić information content (AvgIpc) is 2.98. The Bertz CT molecular complexity index is 845. The molecular formula is C19H18BrNO5S-2. The molecule has 2 aromatic rings. The van der Waals surface area contributed by atoms with Crippen molar-refractivity contribution in [3.63, 3.8) is 0 Å². The number of carbonyl (C=O) groups is 2. The zero-order valence-corrected chi connectivity index (χ0v) is 16.9. The van der Waals surface area contributed by atoms with Gasteiger partial charge in [-0.3, -0.25) is 0 Å². The van der Waals surface area contributed by atoms with Crippen molar-refractivity contribution in [3.8, 4) is 16.2 Å². The SMILES string of the molecule is O=C([O-])COc1c(C(=O)[O-])sc(-c2cccc(NC3CCCCC3)c2)c1Br. The van der Waals surface area contributed by atoms with Crippen molar-refractivity contribution in [1.29, 1.82) is 0 Å². The van der Waals surface area contributed by atoms with E-state index in [1.54, 1.807) is 0 Å². The highest BCUT2D eigenvalue weighted by molar-refractivity contribution is 9.10. The van der Waals surface area contributed by atoms with Crippen molar-refractivity contribution in [1.82, 2.24) is 0 Å². The van der Waals surface area contributed by atoms with Gasteiger partial charge in [-0.05, 0) is 46.5 Å². The second-order valence-electron chi connectivity index (χ2n) is 6.41. The van der Waals surface area contributed by atoms with Crippen molar-refractivity contribution in [2.45, 2.75) is 38.1 Å². The van der Waals surface area contributed by atoms with Crippen molar-refractivity contribution >= 4 is 44.9 Å². The number of rotatable bonds is 7. The number of aliphatic carboxylic acids is 1. The van der Waals surface area contributed by atoms with Gasteiger partial charge < -0.3 is 29.9 Å². The maximum atomic E-state index is 11.4. The van der Waals surface area contributed by atoms with Gasteiger partial charge in [-0.1, -0.05) is 31.4 Å². The molecule has 1 saturated carbocycles. The summed E-state index contributed by atoms with van der Waals surface area (Å²) in [4.78, 5) is 22.5. The van der Waals surface area contributed by atoms with Gasteiger partial charge in [-0.25, -0.2) is 0 Å². The molecule has 3 rings (SSSR count). The molecule has 27 heavy (non-hydrogen) atoms. The first-order chi connectivity index (χ1) is 13.0. The lowest BCUT2D eigenvalue weighted by Gasteiger charge is -2.24. The number of carbonyl (C=O) groups excluding carboxylic acids is 2. The molecule has 0 aliphatic heterocycles. The minimum Gasteiger partial charge on any atom is -0.546 e. The third-order valence-electron chi connectivity index (χ3n) is 4.43. The van der Waals surface area contributed by atoms with Crippen LogP contribution in [0.15, 0.2) is 28.7 Å². The zero-order valence-electron chi connectivity index (χ0n) is 14.5. The fraction of sp³-hybridized carbons (Fsp3) is 0.368. The molecule has 6 nitrogen and oxygen atoms in total. The van der Waals surface area contributed by atoms with Gasteiger partial charge in [0.2, 0.25) is 0 Å². The number of benzene rings is 1. The Labute approximate surface area is 169 Å². The van der Waals surface area contributed by atoms with Crippen LogP contribution >= 0.6 is 27.3 Å². The monoisotopic (exact) mass is 451 g/mol. The van der Waals surface area contributed by atoms with E-state index >= 15 is 0 Å². The van der Waals surface area contributed by atoms with E-state index in [1.807, 2.05) is 24.3 Å². The molecule has 0 bridgehead atoms. The van der Waals surface area contributed by atoms with Crippen LogP contribution in [0.1, 0.15) is 41.8 Å². The summed E-state index contributed by atoms with van der Waals surface area (Å²) >= 11 is 4.32. The minimum absolute atomic E-state index is 0.0511. The zero-order chi connectivity index (χ0) is 19.4. The third-order valence-corrected chi connectivity index (χ3v) is 6.65. The molecular weight excluding hydrogens is 434 g/mol. The largest absolute Gasteiger partial charge is 0.546 e. The first-order valence-corrected chi connectivity index (χ1v) is 10.3. The maximum Gasteiger partial charge on any atom is 0.154 e. The Balaban J connectivity index is 1.89. The topological polar surface area (TPSA) is 102 Å². The summed E-state index contributed by atoms with van der Waals surface area (Å²) in [5.41, 5.74) is 1.77. The molecule has 0 saturated heterocycles. The van der Waals surface area contributed by atoms with E-state index in [9.17, 15) is 19.8 Å². The summed E-state index contributed by atoms with van der Waals surface area (Å²) in [5, 5.41) is 25.6. The summed E-state index contributed by atoms with van der Waals surface area (Å²) in [6, 6.07) is 8.14. The molecule has 1 fully saturated rings. The van der Waals surface area contributed by atoms with Crippen LogP contribution in [0.2, 0.25) is 0 Å². The van der Waals surface area contributed by atoms with Gasteiger partial charge in [0.05, 0.1) is 26.2 Å². The molecule has 0 spiro atoms. The number of carboxylic acids is 2. The fourth-order valence-electron chi connectivity index (χ4n) is 3.21. The van der Waals surface area contributed by atoms with Gasteiger partial charge in [0, 0.05) is 11.7 Å². The van der Waals surface area contributed by atoms with E-state index in [1.165, 1.54) is 19.3 Å². The van der Waals surface area contributed by atoms with E-state index in [0.717, 1.165) is 35.4 Å². The molecule has 8 heteroatoms. The lowest BCUT2D eigenvalue weighted by atomic mass is 9.95. The summed E-state index contributed by atoms with van der Waals surface area (Å²) in [5.74, 6) is -2.90. The first kappa shape index (κ1) is 19.7. The summed E-state index contributed by atoms with van der Waals surface area (Å²) in [6.07, 6.45) is 6.01. The quantitative estimate of drug-likeness (QED) is 0.693. The van der Waals surface area contributed by atoms with Crippen LogP contribution in [0.4, 0.5) is 5.69 Å². The second kappa shape index (κ2) is 8.75. The van der Waals surface area contributed by atoms with Crippen molar-refractivity contribution in [2.75, 3.05) is 11.9 Å². The Morgan fingerprint density at radius 1 is 1.22 bits per heavy atom. The minimum atomic E-state index is -1.43. The summed E-state index contributed by atoms with van der Waals surface area (Å²) in [7, 11) is 0. The standard InChI is InChI=1S/C19H20BrNO5S/c20-15-16(26-10-14(22)23)18(19(24)25)27-17(15)11-5-4-8-13(9-11)21-12-6-2-1-3-7-12/h4-5,8-9,12,21H,1-3,6-7,10H2,(H,22,23)(H,24,25)/p-2. The van der Waals surface area contributed by atoms with Crippen LogP contribution in [0.5, 0.6) is 5.75 Å². The molecule has 0 amide bonds. The van der Waals surface area contributed by atoms with E-state index in [0.29, 0.717) is 15.4 Å². The Morgan fingerprint density at radius 2 is 1.96 bits per heavy atom. The third kappa shape index (κ3) is 4.81. The van der Waals surface area contributed by atoms with Crippen LogP contribution in [0.3, 0.4) is 0 Å². The molecule has 1 aliphatic rings. The van der Waals surface area contributed by atoms with Crippen LogP contribution in [-0.4, -0.2) is 24.6 Å². The molecule has 0 atom stereocenters. The number of ether oxygens (including phenoxy) is 1. The van der Waals surface area contributed by atoms with Gasteiger partial charge in [-0.15, -0.1) is 11.3 Å². The molecule has 1 aromatic heterocycles. The number of anilines is 1. The molecule has 1 aliphatic carbocycles. The highest BCUT2D eigenvalue weighted by Crippen LogP contribution is 2.45. The normalized spacial score (nSPS) is 14.7. The van der Waals surface area contributed by atoms with E-state index < -0.39 is 18.5 Å². The second-order valence-corrected chi connectivity index (χ2v) is 8.23. The number of thiophene rings is 1. The summed E-state index contributed by atoms with van der Waals surface area (Å²) in [6.45, 7) is -0.738. The number of hydrogen-bond acceptors (Lipinski definition) is 7. The molecule has 0 unspecified atom stereocenters. The van der Waals surface area contributed by atoms with Gasteiger partial charge in [0.25, 0.3) is 0 Å². The van der Waals surface area contributed by atoms with Crippen molar-refractivity contribution in [3.05, 3.63) is 33.6 Å². The Kier molecular flexibility index (Phi) is 6.38. The molecule has 1 N–H and O–H groups in total. The lowest BCUT2D eigenvalue weighted by molar-refractivity contribution is -0.307. The number of carboxylic acid groups (broad SMARTS) is 2. The lowest BCUT2D eigenvalue weighted by Crippen LogP contribution is -2.29. The fourth-order valence-corrected chi connectivity index (χ4v) is 5.09. The molecule has 1 heterocycles. The molecule has 144 valence electrons. The van der Waals surface area contributed by atoms with Gasteiger partial charge in [0.15, 0.2) is 5.75 Å². The predicted molar refractivity (Wildman–Crippen MR) is 103 cm³/mol. The highest BCUT2D eigenvalue weighted by atomic mass is 79.9. The van der Waals surface area contributed by atoms with Gasteiger partial charge in [0.1, 0.15) is 6.61 Å². The van der Waals surface area contributed by atoms with Crippen LogP contribution < -0.4 is 20.3 Å². The van der Waals surface area contributed by atoms with Crippen molar-refractivity contribution < 1.29 is 24.5 Å². The van der Waals surface area contributed by atoms with Crippen LogP contribution in [-0.2, 0) is 4.79 Å². The van der Waals surface area contributed by atoms with E-state index in [-0.39, 0.29) is 10.6 Å². The Morgan fingerprint density at radius 3 is 2.63 bits per heavy atom. The number of hydrogen-bond donors (Lipinski definition) is 1. The van der Waals surface area contributed by atoms with E-state index in [4.69, 9.17) is 4.74 Å². The van der Waals surface area contributed by atoms with Crippen molar-refractivity contribution in [2.24, 2.45) is 0 Å².